The van der Waals surface area contributed by atoms with Crippen molar-refractivity contribution < 1.29 is 9.53 Å². The first-order chi connectivity index (χ1) is 11.6. The molecule has 0 aliphatic rings. The number of ether oxygens (including phenoxy) is 1. The van der Waals surface area contributed by atoms with Crippen LogP contribution in [0.15, 0.2) is 46.8 Å². The normalized spacial score (nSPS) is 10.8. The fourth-order valence-electron chi connectivity index (χ4n) is 2.19. The Kier molecular flexibility index (Phi) is 5.37. The Balaban J connectivity index is 1.53. The molecule has 0 unspecified atom stereocenters. The van der Waals surface area contributed by atoms with Crippen LogP contribution in [-0.4, -0.2) is 23.8 Å². The van der Waals surface area contributed by atoms with Gasteiger partial charge in [0, 0.05) is 5.69 Å². The molecule has 0 radical (unpaired) electrons. The van der Waals surface area contributed by atoms with Gasteiger partial charge in [0.15, 0.2) is 4.34 Å². The van der Waals surface area contributed by atoms with Crippen molar-refractivity contribution in [2.75, 3.05) is 18.2 Å². The SMILES string of the molecule is CSc1nc2ccc(NC(=O)CCOc3ccc(C)cc3)cc2s1. The van der Waals surface area contributed by atoms with Crippen molar-refractivity contribution in [1.82, 2.24) is 4.98 Å². The van der Waals surface area contributed by atoms with Gasteiger partial charge in [0.25, 0.3) is 0 Å². The Labute approximate surface area is 149 Å². The quantitative estimate of drug-likeness (QED) is 0.647. The van der Waals surface area contributed by atoms with Crippen LogP contribution in [0.5, 0.6) is 5.75 Å². The summed E-state index contributed by atoms with van der Waals surface area (Å²) in [4.78, 5) is 16.5. The van der Waals surface area contributed by atoms with Crippen molar-refractivity contribution in [3.05, 3.63) is 48.0 Å². The molecule has 0 fully saturated rings. The molecule has 124 valence electrons. The molecule has 3 aromatic rings. The predicted octanol–water partition coefficient (Wildman–Crippen LogP) is 4.73. The standard InChI is InChI=1S/C18H18N2O2S2/c1-12-3-6-14(7-4-12)22-10-9-17(21)19-13-5-8-15-16(11-13)24-18(20-15)23-2/h3-8,11H,9-10H2,1-2H3,(H,19,21). The average Bonchev–Trinajstić information content (AvgIpc) is 2.99. The minimum absolute atomic E-state index is 0.0592. The number of benzene rings is 2. The third-order valence-corrected chi connectivity index (χ3v) is 5.45. The second kappa shape index (κ2) is 7.68. The third kappa shape index (κ3) is 4.27. The van der Waals surface area contributed by atoms with Crippen molar-refractivity contribution in [2.45, 2.75) is 17.7 Å². The van der Waals surface area contributed by atoms with Crippen molar-refractivity contribution in [2.24, 2.45) is 0 Å². The second-order valence-electron chi connectivity index (χ2n) is 5.33. The summed E-state index contributed by atoms with van der Waals surface area (Å²) in [5.74, 6) is 0.722. The van der Waals surface area contributed by atoms with Crippen LogP contribution < -0.4 is 10.1 Å². The van der Waals surface area contributed by atoms with Crippen LogP contribution in [-0.2, 0) is 4.79 Å². The summed E-state index contributed by atoms with van der Waals surface area (Å²) in [7, 11) is 0. The molecule has 0 aliphatic heterocycles. The van der Waals surface area contributed by atoms with E-state index in [1.54, 1.807) is 23.1 Å². The van der Waals surface area contributed by atoms with E-state index < -0.39 is 0 Å². The molecule has 0 spiro atoms. The zero-order valence-electron chi connectivity index (χ0n) is 13.5. The number of carbonyl (C=O) groups is 1. The fourth-order valence-corrected chi connectivity index (χ4v) is 3.72. The molecule has 4 nitrogen and oxygen atoms in total. The lowest BCUT2D eigenvalue weighted by Crippen LogP contribution is -2.15. The highest BCUT2D eigenvalue weighted by molar-refractivity contribution is 8.00. The van der Waals surface area contributed by atoms with Crippen LogP contribution in [0.1, 0.15) is 12.0 Å². The van der Waals surface area contributed by atoms with E-state index in [9.17, 15) is 4.79 Å². The molecule has 0 saturated carbocycles. The molecule has 0 aliphatic carbocycles. The summed E-state index contributed by atoms with van der Waals surface area (Å²) >= 11 is 3.26. The Hall–Kier alpha value is -2.05. The number of thioether (sulfide) groups is 1. The van der Waals surface area contributed by atoms with E-state index in [1.807, 2.05) is 55.6 Å². The summed E-state index contributed by atoms with van der Waals surface area (Å²) < 4.78 is 7.69. The largest absolute Gasteiger partial charge is 0.493 e. The lowest BCUT2D eigenvalue weighted by atomic mass is 10.2. The molecular formula is C18H18N2O2S2. The Morgan fingerprint density at radius 3 is 2.79 bits per heavy atom. The molecule has 0 saturated heterocycles. The van der Waals surface area contributed by atoms with Gasteiger partial charge in [-0.05, 0) is 43.5 Å². The fraction of sp³-hybridized carbons (Fsp3) is 0.222. The van der Waals surface area contributed by atoms with Crippen molar-refractivity contribution in [3.8, 4) is 5.75 Å². The highest BCUT2D eigenvalue weighted by Gasteiger charge is 2.07. The summed E-state index contributed by atoms with van der Waals surface area (Å²) in [6.07, 6.45) is 2.32. The van der Waals surface area contributed by atoms with E-state index in [-0.39, 0.29) is 5.91 Å². The topological polar surface area (TPSA) is 51.2 Å². The van der Waals surface area contributed by atoms with Gasteiger partial charge in [0.2, 0.25) is 5.91 Å². The molecule has 1 amide bonds. The maximum atomic E-state index is 12.0. The smallest absolute Gasteiger partial charge is 0.227 e. The van der Waals surface area contributed by atoms with Crippen molar-refractivity contribution in [3.63, 3.8) is 0 Å². The molecule has 24 heavy (non-hydrogen) atoms. The van der Waals surface area contributed by atoms with Crippen LogP contribution >= 0.6 is 23.1 Å². The van der Waals surface area contributed by atoms with Gasteiger partial charge in [-0.3, -0.25) is 4.79 Å². The molecule has 1 heterocycles. The first-order valence-electron chi connectivity index (χ1n) is 7.58. The second-order valence-corrected chi connectivity index (χ2v) is 7.41. The van der Waals surface area contributed by atoms with Gasteiger partial charge in [-0.25, -0.2) is 4.98 Å². The Morgan fingerprint density at radius 2 is 2.04 bits per heavy atom. The first kappa shape index (κ1) is 16.8. The number of hydrogen-bond acceptors (Lipinski definition) is 5. The highest BCUT2D eigenvalue weighted by atomic mass is 32.2. The van der Waals surface area contributed by atoms with Gasteiger partial charge in [-0.15, -0.1) is 11.3 Å². The number of thiazole rings is 1. The maximum absolute atomic E-state index is 12.0. The summed E-state index contributed by atoms with van der Waals surface area (Å²) in [6.45, 7) is 2.38. The van der Waals surface area contributed by atoms with E-state index in [2.05, 4.69) is 10.3 Å². The number of anilines is 1. The molecule has 1 aromatic heterocycles. The number of fused-ring (bicyclic) bond motifs is 1. The van der Waals surface area contributed by atoms with Crippen LogP contribution in [0, 0.1) is 6.92 Å². The molecule has 2 aromatic carbocycles. The van der Waals surface area contributed by atoms with Crippen molar-refractivity contribution in [1.29, 1.82) is 0 Å². The number of amides is 1. The van der Waals surface area contributed by atoms with Crippen LogP contribution in [0.2, 0.25) is 0 Å². The number of nitrogens with one attached hydrogen (secondary N) is 1. The molecular weight excluding hydrogens is 340 g/mol. The highest BCUT2D eigenvalue weighted by Crippen LogP contribution is 2.29. The number of carbonyl (C=O) groups excluding carboxylic acids is 1. The van der Waals surface area contributed by atoms with Crippen LogP contribution in [0.3, 0.4) is 0 Å². The van der Waals surface area contributed by atoms with Gasteiger partial charge < -0.3 is 10.1 Å². The van der Waals surface area contributed by atoms with Gasteiger partial charge >= 0.3 is 0 Å². The molecule has 3 rings (SSSR count). The Bertz CT molecular complexity index is 844. The lowest BCUT2D eigenvalue weighted by Gasteiger charge is -2.07. The summed E-state index contributed by atoms with van der Waals surface area (Å²) in [5.41, 5.74) is 2.94. The van der Waals surface area contributed by atoms with Crippen LogP contribution in [0.25, 0.3) is 10.2 Å². The van der Waals surface area contributed by atoms with Crippen molar-refractivity contribution >= 4 is 44.9 Å². The van der Waals surface area contributed by atoms with E-state index in [0.29, 0.717) is 13.0 Å². The van der Waals surface area contributed by atoms with E-state index in [4.69, 9.17) is 4.74 Å². The van der Waals surface area contributed by atoms with Gasteiger partial charge in [0.05, 0.1) is 23.2 Å². The zero-order chi connectivity index (χ0) is 16.9. The molecule has 6 heteroatoms. The minimum atomic E-state index is -0.0592. The summed E-state index contributed by atoms with van der Waals surface area (Å²) in [5, 5.41) is 2.91. The van der Waals surface area contributed by atoms with Gasteiger partial charge in [-0.2, -0.15) is 0 Å². The number of rotatable bonds is 6. The molecule has 1 N–H and O–H groups in total. The molecule has 0 atom stereocenters. The first-order valence-corrected chi connectivity index (χ1v) is 9.62. The predicted molar refractivity (Wildman–Crippen MR) is 101 cm³/mol. The average molecular weight is 358 g/mol. The number of nitrogens with zero attached hydrogens (tertiary/aromatic N) is 1. The van der Waals surface area contributed by atoms with Crippen LogP contribution in [0.4, 0.5) is 5.69 Å². The lowest BCUT2D eigenvalue weighted by molar-refractivity contribution is -0.116. The van der Waals surface area contributed by atoms with Gasteiger partial charge in [0.1, 0.15) is 5.75 Å². The number of hydrogen-bond donors (Lipinski definition) is 1. The zero-order valence-corrected chi connectivity index (χ0v) is 15.2. The molecule has 0 bridgehead atoms. The number of aromatic nitrogens is 1. The number of aryl methyl sites for hydroxylation is 1. The van der Waals surface area contributed by atoms with E-state index in [0.717, 1.165) is 26.0 Å². The minimum Gasteiger partial charge on any atom is -0.493 e. The maximum Gasteiger partial charge on any atom is 0.227 e. The monoisotopic (exact) mass is 358 g/mol. The Morgan fingerprint density at radius 1 is 1.25 bits per heavy atom. The van der Waals surface area contributed by atoms with E-state index >= 15 is 0 Å². The third-order valence-electron chi connectivity index (χ3n) is 3.45. The van der Waals surface area contributed by atoms with E-state index in [1.165, 1.54) is 5.56 Å². The van der Waals surface area contributed by atoms with Gasteiger partial charge in [-0.1, -0.05) is 29.5 Å². The summed E-state index contributed by atoms with van der Waals surface area (Å²) in [6, 6.07) is 13.6.